The molecular weight excluding hydrogens is 342 g/mol. The summed E-state index contributed by atoms with van der Waals surface area (Å²) in [6, 6.07) is 5.84. The van der Waals surface area contributed by atoms with E-state index in [0.717, 1.165) is 12.1 Å². The summed E-state index contributed by atoms with van der Waals surface area (Å²) < 4.78 is 40.1. The van der Waals surface area contributed by atoms with E-state index in [2.05, 4.69) is 4.72 Å². The van der Waals surface area contributed by atoms with Crippen LogP contribution in [0.4, 0.5) is 15.8 Å². The van der Waals surface area contributed by atoms with Crippen molar-refractivity contribution in [3.63, 3.8) is 0 Å². The quantitative estimate of drug-likeness (QED) is 0.450. The van der Waals surface area contributed by atoms with Crippen LogP contribution in [0.3, 0.4) is 0 Å². The van der Waals surface area contributed by atoms with Crippen LogP contribution in [-0.4, -0.2) is 13.5 Å². The van der Waals surface area contributed by atoms with Crippen LogP contribution in [0.1, 0.15) is 0 Å². The minimum atomic E-state index is -4.16. The van der Waals surface area contributed by atoms with Crippen molar-refractivity contribution in [2.45, 2.75) is 4.90 Å². The van der Waals surface area contributed by atoms with Gasteiger partial charge in [0.2, 0.25) is 0 Å². The Bertz CT molecular complexity index is 812. The van der Waals surface area contributed by atoms with E-state index in [0.29, 0.717) is 0 Å². The van der Waals surface area contributed by atoms with Gasteiger partial charge in [0.1, 0.15) is 10.6 Å². The smallest absolute Gasteiger partial charge is 0.263 e. The second kappa shape index (κ2) is 5.59. The molecule has 21 heavy (non-hydrogen) atoms. The average Bonchev–Trinajstić information content (AvgIpc) is 2.39. The third kappa shape index (κ3) is 3.15. The third-order valence-electron chi connectivity index (χ3n) is 2.57. The molecule has 2 rings (SSSR count). The maximum absolute atomic E-state index is 13.6. The van der Waals surface area contributed by atoms with Gasteiger partial charge in [-0.25, -0.2) is 12.8 Å². The monoisotopic (exact) mass is 350 g/mol. The number of halogens is 3. The van der Waals surface area contributed by atoms with Crippen molar-refractivity contribution in [1.82, 2.24) is 0 Å². The first-order valence-corrected chi connectivity index (χ1v) is 7.71. The molecule has 0 fully saturated rings. The van der Waals surface area contributed by atoms with E-state index in [1.165, 1.54) is 18.2 Å². The van der Waals surface area contributed by atoms with Gasteiger partial charge in [0, 0.05) is 6.07 Å². The first-order chi connectivity index (χ1) is 9.72. The van der Waals surface area contributed by atoms with E-state index in [4.69, 9.17) is 28.9 Å². The molecule has 0 unspecified atom stereocenters. The maximum Gasteiger partial charge on any atom is 0.263 e. The summed E-state index contributed by atoms with van der Waals surface area (Å²) >= 11 is 11.2. The summed E-state index contributed by atoms with van der Waals surface area (Å²) in [5, 5.41) is 8.31. The number of hydrogen-bond acceptors (Lipinski definition) is 4. The molecule has 0 amide bonds. The highest BCUT2D eigenvalue weighted by atomic mass is 35.5. The number of phenolic OH excluding ortho intramolecular Hbond substituents is 1. The van der Waals surface area contributed by atoms with Gasteiger partial charge >= 0.3 is 0 Å². The summed E-state index contributed by atoms with van der Waals surface area (Å²) in [6.07, 6.45) is 0. The van der Waals surface area contributed by atoms with Crippen LogP contribution >= 0.6 is 23.2 Å². The lowest BCUT2D eigenvalue weighted by Crippen LogP contribution is -2.15. The van der Waals surface area contributed by atoms with E-state index >= 15 is 0 Å². The summed E-state index contributed by atoms with van der Waals surface area (Å²) in [5.41, 5.74) is 5.61. The normalized spacial score (nSPS) is 11.4. The molecule has 9 heteroatoms. The highest BCUT2D eigenvalue weighted by Gasteiger charge is 2.22. The Morgan fingerprint density at radius 1 is 1.19 bits per heavy atom. The number of aromatic hydroxyl groups is 1. The molecule has 0 aromatic heterocycles. The zero-order chi connectivity index (χ0) is 15.8. The first-order valence-electron chi connectivity index (χ1n) is 5.47. The Morgan fingerprint density at radius 2 is 1.86 bits per heavy atom. The number of nitrogen functional groups attached to an aromatic ring is 1. The summed E-state index contributed by atoms with van der Waals surface area (Å²) in [7, 11) is -4.16. The molecule has 0 spiro atoms. The van der Waals surface area contributed by atoms with Gasteiger partial charge in [-0.2, -0.15) is 0 Å². The molecule has 2 aromatic carbocycles. The predicted molar refractivity (Wildman–Crippen MR) is 79.7 cm³/mol. The van der Waals surface area contributed by atoms with Crippen LogP contribution in [0.25, 0.3) is 0 Å². The Morgan fingerprint density at radius 3 is 2.48 bits per heavy atom. The Labute approximate surface area is 130 Å². The first kappa shape index (κ1) is 15.7. The third-order valence-corrected chi connectivity index (χ3v) is 4.75. The van der Waals surface area contributed by atoms with Crippen molar-refractivity contribution in [2.75, 3.05) is 10.5 Å². The van der Waals surface area contributed by atoms with Crippen LogP contribution < -0.4 is 10.5 Å². The number of rotatable bonds is 3. The van der Waals surface area contributed by atoms with Gasteiger partial charge in [0.25, 0.3) is 10.0 Å². The van der Waals surface area contributed by atoms with E-state index < -0.39 is 25.8 Å². The van der Waals surface area contributed by atoms with Crippen molar-refractivity contribution in [1.29, 1.82) is 0 Å². The largest absolute Gasteiger partial charge is 0.508 e. The highest BCUT2D eigenvalue weighted by molar-refractivity contribution is 7.92. The molecule has 2 aromatic rings. The molecule has 4 N–H and O–H groups in total. The minimum Gasteiger partial charge on any atom is -0.508 e. The van der Waals surface area contributed by atoms with Crippen molar-refractivity contribution in [3.05, 3.63) is 46.2 Å². The number of hydrogen-bond donors (Lipinski definition) is 3. The standard InChI is InChI=1S/C12H9Cl2FN2O3S/c13-7-2-4-10(11(14)12(7)15)21(19,20)17-9-3-1-6(18)5-8(9)16/h1-5,17-18H,16H2. The molecule has 0 aliphatic rings. The molecule has 0 aliphatic heterocycles. The van der Waals surface area contributed by atoms with Gasteiger partial charge in [-0.3, -0.25) is 4.72 Å². The van der Waals surface area contributed by atoms with E-state index in [-0.39, 0.29) is 22.1 Å². The second-order valence-electron chi connectivity index (χ2n) is 4.05. The number of phenols is 1. The SMILES string of the molecule is Nc1cc(O)ccc1NS(=O)(=O)c1ccc(Cl)c(F)c1Cl. The molecule has 0 aliphatic carbocycles. The Balaban J connectivity index is 2.46. The summed E-state index contributed by atoms with van der Waals surface area (Å²) in [4.78, 5) is -0.474. The fourth-order valence-corrected chi connectivity index (χ4v) is 3.39. The average molecular weight is 351 g/mol. The highest BCUT2D eigenvalue weighted by Crippen LogP contribution is 2.32. The molecule has 5 nitrogen and oxygen atoms in total. The van der Waals surface area contributed by atoms with Gasteiger partial charge in [-0.15, -0.1) is 0 Å². The summed E-state index contributed by atoms with van der Waals surface area (Å²) in [6.45, 7) is 0. The van der Waals surface area contributed by atoms with Crippen molar-refractivity contribution >= 4 is 44.6 Å². The van der Waals surface area contributed by atoms with Gasteiger partial charge < -0.3 is 10.8 Å². The molecule has 112 valence electrons. The fourth-order valence-electron chi connectivity index (χ4n) is 1.56. The lowest BCUT2D eigenvalue weighted by Gasteiger charge is -2.12. The molecule has 0 radical (unpaired) electrons. The topological polar surface area (TPSA) is 92.4 Å². The molecule has 0 bridgehead atoms. The minimum absolute atomic E-state index is 0.00383. The lowest BCUT2D eigenvalue weighted by atomic mass is 10.2. The number of sulfonamides is 1. The fraction of sp³-hybridized carbons (Fsp3) is 0. The zero-order valence-corrected chi connectivity index (χ0v) is 12.6. The van der Waals surface area contributed by atoms with Gasteiger partial charge in [-0.1, -0.05) is 23.2 Å². The van der Waals surface area contributed by atoms with Crippen molar-refractivity contribution in [3.8, 4) is 5.75 Å². The molecule has 0 saturated carbocycles. The van der Waals surface area contributed by atoms with E-state index in [1.807, 2.05) is 0 Å². The summed E-state index contributed by atoms with van der Waals surface area (Å²) in [5.74, 6) is -1.15. The molecular formula is C12H9Cl2FN2O3S. The molecule has 0 heterocycles. The van der Waals surface area contributed by atoms with Crippen molar-refractivity contribution < 1.29 is 17.9 Å². The number of benzene rings is 2. The van der Waals surface area contributed by atoms with Gasteiger partial charge in [0.05, 0.1) is 21.4 Å². The van der Waals surface area contributed by atoms with E-state index in [9.17, 15) is 17.9 Å². The maximum atomic E-state index is 13.6. The molecule has 0 saturated heterocycles. The van der Waals surface area contributed by atoms with Crippen LogP contribution in [0.2, 0.25) is 10.0 Å². The van der Waals surface area contributed by atoms with Crippen LogP contribution in [0, 0.1) is 5.82 Å². The number of anilines is 2. The van der Waals surface area contributed by atoms with Crippen molar-refractivity contribution in [2.24, 2.45) is 0 Å². The Kier molecular flexibility index (Phi) is 4.18. The Hall–Kier alpha value is -1.70. The van der Waals surface area contributed by atoms with Crippen LogP contribution in [0.5, 0.6) is 5.75 Å². The van der Waals surface area contributed by atoms with Gasteiger partial charge in [0.15, 0.2) is 5.82 Å². The van der Waals surface area contributed by atoms with Gasteiger partial charge in [-0.05, 0) is 24.3 Å². The van der Waals surface area contributed by atoms with Crippen LogP contribution in [-0.2, 0) is 10.0 Å². The zero-order valence-electron chi connectivity index (χ0n) is 10.3. The molecule has 0 atom stereocenters. The second-order valence-corrected chi connectivity index (χ2v) is 6.49. The number of nitrogens with two attached hydrogens (primary N) is 1. The van der Waals surface area contributed by atoms with E-state index in [1.54, 1.807) is 0 Å². The predicted octanol–water partition coefficient (Wildman–Crippen LogP) is 3.22. The lowest BCUT2D eigenvalue weighted by molar-refractivity contribution is 0.475. The number of nitrogens with one attached hydrogen (secondary N) is 1. The van der Waals surface area contributed by atoms with Crippen LogP contribution in [0.15, 0.2) is 35.2 Å².